The van der Waals surface area contributed by atoms with E-state index < -0.39 is 0 Å². The second kappa shape index (κ2) is 11.1. The van der Waals surface area contributed by atoms with E-state index in [1.807, 2.05) is 42.5 Å². The molecule has 0 saturated heterocycles. The fourth-order valence-electron chi connectivity index (χ4n) is 2.81. The van der Waals surface area contributed by atoms with Crippen molar-refractivity contribution in [1.82, 2.24) is 0 Å². The van der Waals surface area contributed by atoms with E-state index in [2.05, 4.69) is 33.2 Å². The first kappa shape index (κ1) is 23.0. The summed E-state index contributed by atoms with van der Waals surface area (Å²) < 4.78 is 11.7. The molecule has 0 unspecified atom stereocenters. The first-order chi connectivity index (χ1) is 15.0. The van der Waals surface area contributed by atoms with Crippen molar-refractivity contribution >= 4 is 57.5 Å². The highest BCUT2D eigenvalue weighted by Crippen LogP contribution is 2.30. The number of hydrogen-bond acceptors (Lipinski definition) is 5. The maximum Gasteiger partial charge on any atom is 0.263 e. The summed E-state index contributed by atoms with van der Waals surface area (Å²) in [6.45, 7) is 0. The standard InChI is InChI=1S/C23H21IN2O4S/c1-29-19-7-4-8-20(30-2)22(19)23(28)26-17-5-3-6-18(13-17)31-14-21(27)25-16-11-9-15(24)10-12-16/h3-13H,14H2,1-2H3,(H,25,27)(H,26,28). The van der Waals surface area contributed by atoms with Crippen molar-refractivity contribution in [3.63, 3.8) is 0 Å². The van der Waals surface area contributed by atoms with Crippen LogP contribution < -0.4 is 20.1 Å². The van der Waals surface area contributed by atoms with Crippen LogP contribution in [0.5, 0.6) is 11.5 Å². The molecule has 160 valence electrons. The third-order valence-corrected chi connectivity index (χ3v) is 5.96. The number of amides is 2. The van der Waals surface area contributed by atoms with E-state index >= 15 is 0 Å². The van der Waals surface area contributed by atoms with Crippen LogP contribution in [0.15, 0.2) is 71.6 Å². The smallest absolute Gasteiger partial charge is 0.263 e. The lowest BCUT2D eigenvalue weighted by atomic mass is 10.1. The average molecular weight is 548 g/mol. The Kier molecular flexibility index (Phi) is 8.19. The zero-order chi connectivity index (χ0) is 22.2. The Balaban J connectivity index is 1.63. The van der Waals surface area contributed by atoms with Gasteiger partial charge in [0.1, 0.15) is 17.1 Å². The molecule has 6 nitrogen and oxygen atoms in total. The first-order valence-corrected chi connectivity index (χ1v) is 11.4. The number of ether oxygens (including phenoxy) is 2. The molecule has 0 radical (unpaired) electrons. The summed E-state index contributed by atoms with van der Waals surface area (Å²) in [4.78, 5) is 25.9. The van der Waals surface area contributed by atoms with Crippen LogP contribution in [-0.2, 0) is 4.79 Å². The van der Waals surface area contributed by atoms with Crippen molar-refractivity contribution < 1.29 is 19.1 Å². The maximum absolute atomic E-state index is 12.8. The third kappa shape index (κ3) is 6.38. The largest absolute Gasteiger partial charge is 0.496 e. The summed E-state index contributed by atoms with van der Waals surface area (Å²) in [6.07, 6.45) is 0. The molecular weight excluding hydrogens is 527 g/mol. The van der Waals surface area contributed by atoms with Crippen LogP contribution in [0.2, 0.25) is 0 Å². The number of methoxy groups -OCH3 is 2. The van der Waals surface area contributed by atoms with Gasteiger partial charge in [-0.2, -0.15) is 0 Å². The van der Waals surface area contributed by atoms with Gasteiger partial charge in [-0.1, -0.05) is 12.1 Å². The Morgan fingerprint density at radius 3 is 2.16 bits per heavy atom. The molecule has 0 aliphatic heterocycles. The van der Waals surface area contributed by atoms with E-state index in [0.717, 1.165) is 14.2 Å². The Labute approximate surface area is 198 Å². The van der Waals surface area contributed by atoms with Gasteiger partial charge < -0.3 is 20.1 Å². The van der Waals surface area contributed by atoms with Gasteiger partial charge in [-0.25, -0.2) is 0 Å². The van der Waals surface area contributed by atoms with Gasteiger partial charge in [0, 0.05) is 19.8 Å². The van der Waals surface area contributed by atoms with E-state index in [1.165, 1.54) is 26.0 Å². The van der Waals surface area contributed by atoms with Crippen molar-refractivity contribution in [2.45, 2.75) is 4.90 Å². The number of halogens is 1. The van der Waals surface area contributed by atoms with E-state index in [0.29, 0.717) is 22.7 Å². The lowest BCUT2D eigenvalue weighted by Crippen LogP contribution is -2.15. The van der Waals surface area contributed by atoms with E-state index in [1.54, 1.807) is 24.3 Å². The average Bonchev–Trinajstić information content (AvgIpc) is 2.78. The predicted octanol–water partition coefficient (Wildman–Crippen LogP) is 5.29. The van der Waals surface area contributed by atoms with Gasteiger partial charge in [0.25, 0.3) is 5.91 Å². The molecule has 2 N–H and O–H groups in total. The summed E-state index contributed by atoms with van der Waals surface area (Å²) in [5.74, 6) is 0.667. The SMILES string of the molecule is COc1cccc(OC)c1C(=O)Nc1cccc(SCC(=O)Nc2ccc(I)cc2)c1. The number of carbonyl (C=O) groups is 2. The van der Waals surface area contributed by atoms with Crippen molar-refractivity contribution in [2.24, 2.45) is 0 Å². The maximum atomic E-state index is 12.8. The van der Waals surface area contributed by atoms with Gasteiger partial charge in [0.15, 0.2) is 0 Å². The monoisotopic (exact) mass is 548 g/mol. The molecule has 0 heterocycles. The van der Waals surface area contributed by atoms with E-state index in [4.69, 9.17) is 9.47 Å². The Morgan fingerprint density at radius 1 is 0.871 bits per heavy atom. The van der Waals surface area contributed by atoms with Gasteiger partial charge >= 0.3 is 0 Å². The zero-order valence-corrected chi connectivity index (χ0v) is 20.0. The molecule has 3 aromatic carbocycles. The number of nitrogens with one attached hydrogen (secondary N) is 2. The number of hydrogen-bond donors (Lipinski definition) is 2. The number of anilines is 2. The molecule has 0 spiro atoms. The summed E-state index contributed by atoms with van der Waals surface area (Å²) in [5, 5.41) is 5.74. The van der Waals surface area contributed by atoms with Crippen LogP contribution >= 0.6 is 34.4 Å². The minimum absolute atomic E-state index is 0.0978. The zero-order valence-electron chi connectivity index (χ0n) is 17.0. The summed E-state index contributed by atoms with van der Waals surface area (Å²) >= 11 is 3.61. The van der Waals surface area contributed by atoms with Crippen LogP contribution in [0.4, 0.5) is 11.4 Å². The Hall–Kier alpha value is -2.72. The molecule has 2 amide bonds. The molecule has 8 heteroatoms. The normalized spacial score (nSPS) is 10.3. The predicted molar refractivity (Wildman–Crippen MR) is 132 cm³/mol. The van der Waals surface area contributed by atoms with Gasteiger partial charge in [-0.15, -0.1) is 11.8 Å². The lowest BCUT2D eigenvalue weighted by molar-refractivity contribution is -0.113. The van der Waals surface area contributed by atoms with Crippen molar-refractivity contribution in [3.05, 3.63) is 75.9 Å². The van der Waals surface area contributed by atoms with E-state index in [-0.39, 0.29) is 17.6 Å². The highest BCUT2D eigenvalue weighted by molar-refractivity contribution is 14.1. The fraction of sp³-hybridized carbons (Fsp3) is 0.130. The summed E-state index contributed by atoms with van der Waals surface area (Å²) in [6, 6.07) is 20.1. The summed E-state index contributed by atoms with van der Waals surface area (Å²) in [5.41, 5.74) is 1.70. The van der Waals surface area contributed by atoms with Gasteiger partial charge in [-0.3, -0.25) is 9.59 Å². The molecule has 3 aromatic rings. The first-order valence-electron chi connectivity index (χ1n) is 9.31. The molecule has 0 bridgehead atoms. The molecule has 3 rings (SSSR count). The highest BCUT2D eigenvalue weighted by Gasteiger charge is 2.18. The van der Waals surface area contributed by atoms with Gasteiger partial charge in [0.2, 0.25) is 5.91 Å². The molecule has 0 aliphatic carbocycles. The molecular formula is C23H21IN2O4S. The van der Waals surface area contributed by atoms with Crippen molar-refractivity contribution in [3.8, 4) is 11.5 Å². The molecule has 0 aromatic heterocycles. The number of carbonyl (C=O) groups excluding carboxylic acids is 2. The summed E-state index contributed by atoms with van der Waals surface area (Å²) in [7, 11) is 3.01. The number of benzene rings is 3. The van der Waals surface area contributed by atoms with Crippen LogP contribution in [0.3, 0.4) is 0 Å². The molecule has 31 heavy (non-hydrogen) atoms. The van der Waals surface area contributed by atoms with Crippen molar-refractivity contribution in [2.75, 3.05) is 30.6 Å². The third-order valence-electron chi connectivity index (χ3n) is 4.24. The fourth-order valence-corrected chi connectivity index (χ4v) is 3.93. The topological polar surface area (TPSA) is 76.7 Å². The molecule has 0 fully saturated rings. The van der Waals surface area contributed by atoms with Gasteiger partial charge in [-0.05, 0) is 77.2 Å². The van der Waals surface area contributed by atoms with Crippen LogP contribution in [0.1, 0.15) is 10.4 Å². The van der Waals surface area contributed by atoms with Gasteiger partial charge in [0.05, 0.1) is 20.0 Å². The quantitative estimate of drug-likeness (QED) is 0.296. The molecule has 0 aliphatic rings. The second-order valence-corrected chi connectivity index (χ2v) is 8.66. The highest BCUT2D eigenvalue weighted by atomic mass is 127. The molecule has 0 atom stereocenters. The van der Waals surface area contributed by atoms with Crippen LogP contribution in [-0.4, -0.2) is 31.8 Å². The molecule has 0 saturated carbocycles. The number of thioether (sulfide) groups is 1. The Bertz CT molecular complexity index is 1050. The Morgan fingerprint density at radius 2 is 1.52 bits per heavy atom. The number of rotatable bonds is 8. The lowest BCUT2D eigenvalue weighted by Gasteiger charge is -2.13. The van der Waals surface area contributed by atoms with Crippen LogP contribution in [0.25, 0.3) is 0 Å². The minimum atomic E-state index is -0.340. The minimum Gasteiger partial charge on any atom is -0.496 e. The van der Waals surface area contributed by atoms with E-state index in [9.17, 15) is 9.59 Å². The van der Waals surface area contributed by atoms with Crippen molar-refractivity contribution in [1.29, 1.82) is 0 Å². The second-order valence-electron chi connectivity index (χ2n) is 6.36. The van der Waals surface area contributed by atoms with Crippen LogP contribution in [0, 0.1) is 3.57 Å².